The fourth-order valence-corrected chi connectivity index (χ4v) is 4.24. The van der Waals surface area contributed by atoms with Crippen LogP contribution in [0.15, 0.2) is 66.2 Å². The van der Waals surface area contributed by atoms with Crippen LogP contribution in [0.25, 0.3) is 5.76 Å². The van der Waals surface area contributed by atoms with Gasteiger partial charge in [0.1, 0.15) is 17.3 Å². The third-order valence-electron chi connectivity index (χ3n) is 5.79. The zero-order chi connectivity index (χ0) is 23.9. The number of methoxy groups -OCH3 is 1. The zero-order valence-electron chi connectivity index (χ0n) is 18.8. The van der Waals surface area contributed by atoms with E-state index in [0.717, 1.165) is 11.1 Å². The van der Waals surface area contributed by atoms with Gasteiger partial charge in [-0.25, -0.2) is 4.39 Å². The average molecular weight is 445 g/mol. The lowest BCUT2D eigenvalue weighted by atomic mass is 9.94. The first-order valence-corrected chi connectivity index (χ1v) is 10.5. The summed E-state index contributed by atoms with van der Waals surface area (Å²) in [6, 6.07) is 15.8. The number of aliphatic hydroxyl groups excluding tert-OH is 1. The van der Waals surface area contributed by atoms with E-state index in [1.165, 1.54) is 23.1 Å². The van der Waals surface area contributed by atoms with Crippen LogP contribution < -0.4 is 9.64 Å². The maximum absolute atomic E-state index is 13.8. The molecule has 5 nitrogen and oxygen atoms in total. The van der Waals surface area contributed by atoms with Crippen LogP contribution in [0.1, 0.15) is 33.9 Å². The number of hydrogen-bond donors (Lipinski definition) is 1. The third kappa shape index (κ3) is 4.00. The van der Waals surface area contributed by atoms with E-state index in [9.17, 15) is 19.1 Å². The molecular formula is C27H24FNO4. The molecule has 168 valence electrons. The average Bonchev–Trinajstić information content (AvgIpc) is 3.05. The van der Waals surface area contributed by atoms with Crippen LogP contribution >= 0.6 is 0 Å². The molecule has 6 heteroatoms. The van der Waals surface area contributed by atoms with Gasteiger partial charge >= 0.3 is 0 Å². The number of rotatable bonds is 4. The second kappa shape index (κ2) is 8.54. The molecule has 0 aliphatic carbocycles. The van der Waals surface area contributed by atoms with Crippen molar-refractivity contribution in [2.75, 3.05) is 12.0 Å². The predicted molar refractivity (Wildman–Crippen MR) is 125 cm³/mol. The molecule has 0 spiro atoms. The number of aliphatic hydroxyl groups is 1. The highest BCUT2D eigenvalue weighted by molar-refractivity contribution is 6.51. The van der Waals surface area contributed by atoms with E-state index < -0.39 is 23.5 Å². The molecule has 0 bridgehead atoms. The van der Waals surface area contributed by atoms with Crippen molar-refractivity contribution in [3.8, 4) is 5.75 Å². The molecule has 1 atom stereocenters. The van der Waals surface area contributed by atoms with Gasteiger partial charge in [0.15, 0.2) is 0 Å². The lowest BCUT2D eigenvalue weighted by Crippen LogP contribution is -2.29. The van der Waals surface area contributed by atoms with Crippen LogP contribution in [0.2, 0.25) is 0 Å². The highest BCUT2D eigenvalue weighted by atomic mass is 19.1. The standard InChI is InChI=1S/C27H24FNO4/c1-15-11-16(2)13-20(12-15)29-24(18-5-8-21(33-4)9-6-18)23(26(31)27(29)32)25(30)19-7-10-22(28)17(3)14-19/h5-14,24,30H,1-4H3/b25-23-. The Balaban J connectivity index is 1.96. The Labute approximate surface area is 191 Å². The number of Topliss-reactive ketones (excluding diaryl/α,β-unsaturated/α-hetero) is 1. The molecule has 1 saturated heterocycles. The Morgan fingerprint density at radius 2 is 1.58 bits per heavy atom. The van der Waals surface area contributed by atoms with E-state index in [1.807, 2.05) is 32.0 Å². The molecule has 0 radical (unpaired) electrons. The maximum Gasteiger partial charge on any atom is 0.300 e. The van der Waals surface area contributed by atoms with Gasteiger partial charge in [0.2, 0.25) is 0 Å². The fraction of sp³-hybridized carbons (Fsp3) is 0.185. The van der Waals surface area contributed by atoms with Gasteiger partial charge in [-0.1, -0.05) is 18.2 Å². The summed E-state index contributed by atoms with van der Waals surface area (Å²) in [5, 5.41) is 11.2. The van der Waals surface area contributed by atoms with E-state index in [1.54, 1.807) is 38.3 Å². The lowest BCUT2D eigenvalue weighted by molar-refractivity contribution is -0.132. The summed E-state index contributed by atoms with van der Waals surface area (Å²) in [6.45, 7) is 5.40. The first-order chi connectivity index (χ1) is 15.7. The van der Waals surface area contributed by atoms with Crippen molar-refractivity contribution < 1.29 is 23.8 Å². The number of carbonyl (C=O) groups is 2. The van der Waals surface area contributed by atoms with Gasteiger partial charge in [-0.3, -0.25) is 14.5 Å². The minimum atomic E-state index is -0.859. The quantitative estimate of drug-likeness (QED) is 0.332. The fourth-order valence-electron chi connectivity index (χ4n) is 4.24. The second-order valence-corrected chi connectivity index (χ2v) is 8.25. The first-order valence-electron chi connectivity index (χ1n) is 10.5. The van der Waals surface area contributed by atoms with Crippen molar-refractivity contribution in [2.24, 2.45) is 0 Å². The molecule has 1 fully saturated rings. The molecule has 33 heavy (non-hydrogen) atoms. The lowest BCUT2D eigenvalue weighted by Gasteiger charge is -2.26. The summed E-state index contributed by atoms with van der Waals surface area (Å²) >= 11 is 0. The monoisotopic (exact) mass is 445 g/mol. The highest BCUT2D eigenvalue weighted by Crippen LogP contribution is 2.43. The number of ether oxygens (including phenoxy) is 1. The van der Waals surface area contributed by atoms with Gasteiger partial charge < -0.3 is 9.84 Å². The number of anilines is 1. The summed E-state index contributed by atoms with van der Waals surface area (Å²) in [5.41, 5.74) is 3.62. The number of halogens is 1. The van der Waals surface area contributed by atoms with E-state index in [-0.39, 0.29) is 16.9 Å². The summed E-state index contributed by atoms with van der Waals surface area (Å²) in [6.07, 6.45) is 0. The van der Waals surface area contributed by atoms with Gasteiger partial charge in [0.05, 0.1) is 18.7 Å². The smallest absolute Gasteiger partial charge is 0.300 e. The largest absolute Gasteiger partial charge is 0.507 e. The van der Waals surface area contributed by atoms with Crippen molar-refractivity contribution in [1.82, 2.24) is 0 Å². The number of carbonyl (C=O) groups excluding carboxylic acids is 2. The van der Waals surface area contributed by atoms with Gasteiger partial charge in [0, 0.05) is 11.3 Å². The Kier molecular flexibility index (Phi) is 5.77. The molecule has 0 aromatic heterocycles. The van der Waals surface area contributed by atoms with Crippen molar-refractivity contribution in [1.29, 1.82) is 0 Å². The Morgan fingerprint density at radius 3 is 2.15 bits per heavy atom. The molecule has 3 aromatic rings. The number of benzene rings is 3. The molecule has 1 heterocycles. The number of ketones is 1. The van der Waals surface area contributed by atoms with Crippen LogP contribution in [0.5, 0.6) is 5.75 Å². The molecule has 1 N–H and O–H groups in total. The van der Waals surface area contributed by atoms with Crippen molar-refractivity contribution in [3.05, 3.63) is 99.9 Å². The van der Waals surface area contributed by atoms with E-state index in [2.05, 4.69) is 0 Å². The molecular weight excluding hydrogens is 421 g/mol. The second-order valence-electron chi connectivity index (χ2n) is 8.25. The summed E-state index contributed by atoms with van der Waals surface area (Å²) in [7, 11) is 1.55. The molecule has 1 unspecified atom stereocenters. The Hall–Kier alpha value is -3.93. The molecule has 4 rings (SSSR count). The Bertz CT molecular complexity index is 1270. The van der Waals surface area contributed by atoms with Gasteiger partial charge in [0.25, 0.3) is 11.7 Å². The molecule has 3 aromatic carbocycles. The number of amides is 1. The van der Waals surface area contributed by atoms with Crippen LogP contribution in [0, 0.1) is 26.6 Å². The molecule has 1 aliphatic rings. The minimum absolute atomic E-state index is 0.0460. The maximum atomic E-state index is 13.8. The van der Waals surface area contributed by atoms with Crippen molar-refractivity contribution in [3.63, 3.8) is 0 Å². The first kappa shape index (κ1) is 22.3. The number of aryl methyl sites for hydroxylation is 3. The van der Waals surface area contributed by atoms with Crippen molar-refractivity contribution >= 4 is 23.1 Å². The zero-order valence-corrected chi connectivity index (χ0v) is 18.8. The van der Waals surface area contributed by atoms with Gasteiger partial charge in [-0.05, 0) is 85.5 Å². The van der Waals surface area contributed by atoms with Crippen LogP contribution in [-0.2, 0) is 9.59 Å². The highest BCUT2D eigenvalue weighted by Gasteiger charge is 2.47. The van der Waals surface area contributed by atoms with E-state index >= 15 is 0 Å². The van der Waals surface area contributed by atoms with Crippen LogP contribution in [0.3, 0.4) is 0 Å². The Morgan fingerprint density at radius 1 is 0.939 bits per heavy atom. The molecule has 0 saturated carbocycles. The number of hydrogen-bond acceptors (Lipinski definition) is 4. The predicted octanol–water partition coefficient (Wildman–Crippen LogP) is 5.39. The van der Waals surface area contributed by atoms with E-state index in [0.29, 0.717) is 22.6 Å². The molecule has 1 amide bonds. The normalized spacial score (nSPS) is 17.5. The van der Waals surface area contributed by atoms with Gasteiger partial charge in [-0.2, -0.15) is 0 Å². The summed E-state index contributed by atoms with van der Waals surface area (Å²) < 4.78 is 19.1. The third-order valence-corrected chi connectivity index (χ3v) is 5.79. The van der Waals surface area contributed by atoms with Crippen LogP contribution in [0.4, 0.5) is 10.1 Å². The topological polar surface area (TPSA) is 66.8 Å². The van der Waals surface area contributed by atoms with E-state index in [4.69, 9.17) is 4.74 Å². The molecule has 1 aliphatic heterocycles. The summed E-state index contributed by atoms with van der Waals surface area (Å²) in [5.74, 6) is -1.68. The summed E-state index contributed by atoms with van der Waals surface area (Å²) in [4.78, 5) is 27.9. The van der Waals surface area contributed by atoms with Gasteiger partial charge in [-0.15, -0.1) is 0 Å². The minimum Gasteiger partial charge on any atom is -0.507 e. The van der Waals surface area contributed by atoms with Crippen LogP contribution in [-0.4, -0.2) is 23.9 Å². The SMILES string of the molecule is COc1ccc(C2/C(=C(/O)c3ccc(F)c(C)c3)C(=O)C(=O)N2c2cc(C)cc(C)c2)cc1. The number of nitrogens with zero attached hydrogens (tertiary/aromatic N) is 1. The van der Waals surface area contributed by atoms with Crippen molar-refractivity contribution in [2.45, 2.75) is 26.8 Å².